The number of nitrogens with two attached hydrogens (primary N) is 1. The summed E-state index contributed by atoms with van der Waals surface area (Å²) in [6.07, 6.45) is -6.27. The van der Waals surface area contributed by atoms with Gasteiger partial charge in [0.15, 0.2) is 17.5 Å². The van der Waals surface area contributed by atoms with Gasteiger partial charge < -0.3 is 40.4 Å². The maximum Gasteiger partial charge on any atom is 0.249 e. The molecule has 3 heterocycles. The van der Waals surface area contributed by atoms with Crippen molar-refractivity contribution in [2.24, 2.45) is 0 Å². The fourth-order valence-electron chi connectivity index (χ4n) is 3.67. The highest BCUT2D eigenvalue weighted by molar-refractivity contribution is 5.76. The van der Waals surface area contributed by atoms with Crippen molar-refractivity contribution < 1.29 is 34.6 Å². The summed E-state index contributed by atoms with van der Waals surface area (Å²) in [6, 6.07) is 9.16. The van der Waals surface area contributed by atoms with Gasteiger partial charge in [-0.25, -0.2) is 4.68 Å². The van der Waals surface area contributed by atoms with Crippen LogP contribution in [0, 0.1) is 0 Å². The van der Waals surface area contributed by atoms with Crippen molar-refractivity contribution in [3.63, 3.8) is 0 Å². The number of aliphatic hydroxyl groups excluding tert-OH is 4. The molecule has 0 saturated carbocycles. The Bertz CT molecular complexity index is 1080. The number of hydrogen-bond acceptors (Lipinski definition) is 12. The molecule has 6 atom stereocenters. The van der Waals surface area contributed by atoms with Gasteiger partial charge in [-0.05, 0) is 12.0 Å². The van der Waals surface area contributed by atoms with Gasteiger partial charge in [-0.15, -0.1) is 5.10 Å². The largest absolute Gasteiger partial charge is 0.471 e. The summed E-state index contributed by atoms with van der Waals surface area (Å²) < 4.78 is 18.4. The molecule has 1 saturated heterocycles. The number of anilines is 1. The van der Waals surface area contributed by atoms with Crippen LogP contribution in [-0.2, 0) is 16.1 Å². The predicted octanol–water partition coefficient (Wildman–Crippen LogP) is -0.850. The first-order valence-electron chi connectivity index (χ1n) is 10.9. The zero-order chi connectivity index (χ0) is 24.2. The summed E-state index contributed by atoms with van der Waals surface area (Å²) in [5, 5.41) is 47.8. The predicted molar refractivity (Wildman–Crippen MR) is 117 cm³/mol. The Balaban J connectivity index is 1.51. The van der Waals surface area contributed by atoms with Crippen molar-refractivity contribution >= 4 is 17.1 Å². The molecular weight excluding hydrogens is 448 g/mol. The monoisotopic (exact) mass is 476 g/mol. The first-order valence-corrected chi connectivity index (χ1v) is 10.9. The van der Waals surface area contributed by atoms with Crippen LogP contribution >= 0.6 is 0 Å². The Morgan fingerprint density at radius 3 is 2.59 bits per heavy atom. The summed E-state index contributed by atoms with van der Waals surface area (Å²) in [6.45, 7) is 1.61. The van der Waals surface area contributed by atoms with E-state index in [1.54, 1.807) is 0 Å². The number of aliphatic hydroxyl groups is 4. The van der Waals surface area contributed by atoms with Crippen molar-refractivity contribution in [3.8, 4) is 5.88 Å². The summed E-state index contributed by atoms with van der Waals surface area (Å²) in [5.74, 6) is 0.186. The van der Waals surface area contributed by atoms with E-state index in [-0.39, 0.29) is 25.0 Å². The summed E-state index contributed by atoms with van der Waals surface area (Å²) in [4.78, 5) is 8.41. The van der Waals surface area contributed by atoms with Gasteiger partial charge in [0, 0.05) is 0 Å². The van der Waals surface area contributed by atoms with E-state index in [4.69, 9.17) is 19.9 Å². The number of rotatable bonds is 9. The molecule has 1 aromatic carbocycles. The topological polar surface area (TPSA) is 191 Å². The van der Waals surface area contributed by atoms with E-state index in [1.807, 2.05) is 37.3 Å². The minimum absolute atomic E-state index is 0.00175. The molecule has 1 fully saturated rings. The maximum atomic E-state index is 10.2. The zero-order valence-corrected chi connectivity index (χ0v) is 18.5. The SMILES string of the molecule is CCC(CO[C@@H]1O[C@H](CO)[C@@H](O)[C@H](O)[C@H]1O)n1nnc2c(OCc3ccccc3)nc(N)nc21. The lowest BCUT2D eigenvalue weighted by Crippen LogP contribution is -2.59. The van der Waals surface area contributed by atoms with Gasteiger partial charge in [0.25, 0.3) is 0 Å². The Labute approximate surface area is 194 Å². The molecule has 0 radical (unpaired) electrons. The van der Waals surface area contributed by atoms with Crippen molar-refractivity contribution in [2.75, 3.05) is 18.9 Å². The molecule has 6 N–H and O–H groups in total. The van der Waals surface area contributed by atoms with E-state index in [9.17, 15) is 20.4 Å². The van der Waals surface area contributed by atoms with Crippen LogP contribution in [0.5, 0.6) is 5.88 Å². The normalized spacial score (nSPS) is 26.0. The van der Waals surface area contributed by atoms with Crippen molar-refractivity contribution in [1.29, 1.82) is 0 Å². The molecule has 0 aliphatic carbocycles. The van der Waals surface area contributed by atoms with Crippen LogP contribution in [0.3, 0.4) is 0 Å². The molecule has 1 aliphatic rings. The van der Waals surface area contributed by atoms with Crippen LogP contribution in [0.1, 0.15) is 24.9 Å². The van der Waals surface area contributed by atoms with Gasteiger partial charge in [0.05, 0.1) is 19.3 Å². The highest BCUT2D eigenvalue weighted by atomic mass is 16.7. The minimum atomic E-state index is -1.53. The first-order chi connectivity index (χ1) is 16.4. The highest BCUT2D eigenvalue weighted by Crippen LogP contribution is 2.27. The van der Waals surface area contributed by atoms with E-state index in [1.165, 1.54) is 4.68 Å². The van der Waals surface area contributed by atoms with E-state index in [0.29, 0.717) is 17.6 Å². The Morgan fingerprint density at radius 2 is 1.88 bits per heavy atom. The first kappa shape index (κ1) is 24.2. The molecule has 0 spiro atoms. The standard InChI is InChI=1S/C21H28N6O7/c1-2-12(10-33-20-17(31)16(30)15(29)13(8-28)34-20)27-18-14(25-26-27)19(24-21(22)23-18)32-9-11-6-4-3-5-7-11/h3-7,12-13,15-17,20,28-31H,2,8-10H2,1H3,(H2,22,23,24)/t12?,13-,15-,16+,17-,20-/m1/s1. The second-order valence-electron chi connectivity index (χ2n) is 7.96. The van der Waals surface area contributed by atoms with Gasteiger partial charge in [-0.1, -0.05) is 42.5 Å². The molecule has 0 bridgehead atoms. The lowest BCUT2D eigenvalue weighted by molar-refractivity contribution is -0.302. The molecule has 4 rings (SSSR count). The molecule has 13 heteroatoms. The smallest absolute Gasteiger partial charge is 0.249 e. The van der Waals surface area contributed by atoms with E-state index < -0.39 is 43.4 Å². The summed E-state index contributed by atoms with van der Waals surface area (Å²) in [7, 11) is 0. The lowest BCUT2D eigenvalue weighted by Gasteiger charge is -2.39. The molecule has 13 nitrogen and oxygen atoms in total. The fraction of sp³-hybridized carbons (Fsp3) is 0.524. The van der Waals surface area contributed by atoms with Crippen LogP contribution in [0.15, 0.2) is 30.3 Å². The van der Waals surface area contributed by atoms with E-state index in [0.717, 1.165) is 5.56 Å². The second kappa shape index (κ2) is 10.5. The molecule has 0 amide bonds. The van der Waals surface area contributed by atoms with Crippen molar-refractivity contribution in [3.05, 3.63) is 35.9 Å². The highest BCUT2D eigenvalue weighted by Gasteiger charge is 2.44. The van der Waals surface area contributed by atoms with Gasteiger partial charge in [0.2, 0.25) is 11.8 Å². The lowest BCUT2D eigenvalue weighted by atomic mass is 9.99. The fourth-order valence-corrected chi connectivity index (χ4v) is 3.67. The molecule has 2 aromatic heterocycles. The average molecular weight is 476 g/mol. The van der Waals surface area contributed by atoms with Crippen LogP contribution in [0.25, 0.3) is 11.2 Å². The third kappa shape index (κ3) is 4.94. The summed E-state index contributed by atoms with van der Waals surface area (Å²) >= 11 is 0. The molecule has 34 heavy (non-hydrogen) atoms. The number of ether oxygens (including phenoxy) is 3. The van der Waals surface area contributed by atoms with E-state index >= 15 is 0 Å². The third-order valence-corrected chi connectivity index (χ3v) is 5.65. The molecule has 3 aromatic rings. The van der Waals surface area contributed by atoms with Crippen LogP contribution in [-0.4, -0.2) is 89.3 Å². The van der Waals surface area contributed by atoms with Gasteiger partial charge in [-0.3, -0.25) is 0 Å². The Kier molecular flexibility index (Phi) is 7.50. The number of hydrogen-bond donors (Lipinski definition) is 5. The maximum absolute atomic E-state index is 10.2. The summed E-state index contributed by atoms with van der Waals surface area (Å²) in [5.41, 5.74) is 7.52. The van der Waals surface area contributed by atoms with Crippen molar-refractivity contribution in [2.45, 2.75) is 56.7 Å². The van der Waals surface area contributed by atoms with Gasteiger partial charge in [0.1, 0.15) is 31.0 Å². The van der Waals surface area contributed by atoms with Gasteiger partial charge in [-0.2, -0.15) is 9.97 Å². The third-order valence-electron chi connectivity index (χ3n) is 5.65. The Hall–Kier alpha value is -2.94. The van der Waals surface area contributed by atoms with Gasteiger partial charge >= 0.3 is 0 Å². The second-order valence-corrected chi connectivity index (χ2v) is 7.96. The number of fused-ring (bicyclic) bond motifs is 1. The molecular formula is C21H28N6O7. The Morgan fingerprint density at radius 1 is 1.12 bits per heavy atom. The van der Waals surface area contributed by atoms with Crippen LogP contribution in [0.2, 0.25) is 0 Å². The average Bonchev–Trinajstić information content (AvgIpc) is 3.27. The molecule has 1 unspecified atom stereocenters. The quantitative estimate of drug-likeness (QED) is 0.257. The molecule has 184 valence electrons. The number of nitrogens with zero attached hydrogens (tertiary/aromatic N) is 5. The van der Waals surface area contributed by atoms with Crippen molar-refractivity contribution in [1.82, 2.24) is 25.0 Å². The van der Waals surface area contributed by atoms with E-state index in [2.05, 4.69) is 20.3 Å². The number of nitrogen functional groups attached to an aromatic ring is 1. The van der Waals surface area contributed by atoms with Crippen LogP contribution in [0.4, 0.5) is 5.95 Å². The molecule has 1 aliphatic heterocycles. The number of benzene rings is 1. The van der Waals surface area contributed by atoms with Crippen LogP contribution < -0.4 is 10.5 Å². The zero-order valence-electron chi connectivity index (χ0n) is 18.5. The minimum Gasteiger partial charge on any atom is -0.471 e. The number of aromatic nitrogens is 5.